The van der Waals surface area contributed by atoms with Crippen molar-refractivity contribution in [3.8, 4) is 5.88 Å². The predicted octanol–water partition coefficient (Wildman–Crippen LogP) is 0.229. The lowest BCUT2D eigenvalue weighted by Crippen LogP contribution is -2.39. The Morgan fingerprint density at radius 3 is 2.93 bits per heavy atom. The number of nitrogen functional groups attached to an aromatic ring is 2. The standard InChI is InChI=1S/C17H22N8O2/c18-13-11-9-17(27-14(11)24-15(19)23-13)4-8-25(10-17)12(26)3-1-5-20-16-21-6-2-7-22-16/h2,6-7H,1,3-5,8-10H2,(H,20,21,22)(H4,18,19,23,24)/t17-/m1/s1. The van der Waals surface area contributed by atoms with Crippen LogP contribution in [0.1, 0.15) is 24.8 Å². The Labute approximate surface area is 156 Å². The quantitative estimate of drug-likeness (QED) is 0.629. The molecule has 5 N–H and O–H groups in total. The predicted molar refractivity (Wildman–Crippen MR) is 98.9 cm³/mol. The molecular formula is C17H22N8O2. The van der Waals surface area contributed by atoms with Gasteiger partial charge >= 0.3 is 0 Å². The Bertz CT molecular complexity index is 846. The Balaban J connectivity index is 1.28. The third-order valence-corrected chi connectivity index (χ3v) is 4.92. The first kappa shape index (κ1) is 17.3. The van der Waals surface area contributed by atoms with Crippen LogP contribution in [0, 0.1) is 0 Å². The van der Waals surface area contributed by atoms with Gasteiger partial charge in [-0.05, 0) is 12.5 Å². The third-order valence-electron chi connectivity index (χ3n) is 4.92. The summed E-state index contributed by atoms with van der Waals surface area (Å²) in [5, 5.41) is 3.10. The molecule has 27 heavy (non-hydrogen) atoms. The minimum Gasteiger partial charge on any atom is -0.468 e. The molecule has 2 aromatic heterocycles. The molecule has 2 aliphatic rings. The van der Waals surface area contributed by atoms with Gasteiger partial charge in [0.25, 0.3) is 0 Å². The summed E-state index contributed by atoms with van der Waals surface area (Å²) in [7, 11) is 0. The molecule has 4 rings (SSSR count). The Morgan fingerprint density at radius 1 is 1.30 bits per heavy atom. The number of hydrogen-bond donors (Lipinski definition) is 3. The van der Waals surface area contributed by atoms with E-state index in [1.807, 2.05) is 4.90 Å². The van der Waals surface area contributed by atoms with E-state index in [0.717, 1.165) is 12.0 Å². The average Bonchev–Trinajstić information content (AvgIpc) is 3.23. The fourth-order valence-corrected chi connectivity index (χ4v) is 3.58. The van der Waals surface area contributed by atoms with Crippen LogP contribution >= 0.6 is 0 Å². The SMILES string of the molecule is Nc1nc(N)c2c(n1)O[C@]1(CCN(C(=O)CCCNc3ncccn3)C1)C2. The normalized spacial score (nSPS) is 20.5. The summed E-state index contributed by atoms with van der Waals surface area (Å²) in [6.45, 7) is 1.82. The lowest BCUT2D eigenvalue weighted by molar-refractivity contribution is -0.130. The molecule has 0 unspecified atom stereocenters. The van der Waals surface area contributed by atoms with Gasteiger partial charge in [0.1, 0.15) is 11.4 Å². The van der Waals surface area contributed by atoms with Gasteiger partial charge in [-0.3, -0.25) is 4.79 Å². The topological polar surface area (TPSA) is 145 Å². The highest BCUT2D eigenvalue weighted by Crippen LogP contribution is 2.41. The largest absolute Gasteiger partial charge is 0.468 e. The number of nitrogens with one attached hydrogen (secondary N) is 1. The minimum atomic E-state index is -0.468. The molecule has 2 aromatic rings. The van der Waals surface area contributed by atoms with Gasteiger partial charge in [0, 0.05) is 44.7 Å². The number of amides is 1. The lowest BCUT2D eigenvalue weighted by Gasteiger charge is -2.23. The second-order valence-electron chi connectivity index (χ2n) is 6.88. The Morgan fingerprint density at radius 2 is 2.11 bits per heavy atom. The van der Waals surface area contributed by atoms with Crippen LogP contribution in [-0.4, -0.2) is 56.0 Å². The fourth-order valence-electron chi connectivity index (χ4n) is 3.58. The number of anilines is 3. The van der Waals surface area contributed by atoms with Gasteiger partial charge in [-0.25, -0.2) is 9.97 Å². The summed E-state index contributed by atoms with van der Waals surface area (Å²) in [6, 6.07) is 1.76. The molecule has 10 nitrogen and oxygen atoms in total. The first-order valence-corrected chi connectivity index (χ1v) is 8.94. The van der Waals surface area contributed by atoms with Gasteiger partial charge in [-0.1, -0.05) is 0 Å². The van der Waals surface area contributed by atoms with Crippen molar-refractivity contribution >= 4 is 23.6 Å². The van der Waals surface area contributed by atoms with Crippen molar-refractivity contribution < 1.29 is 9.53 Å². The highest BCUT2D eigenvalue weighted by Gasteiger charge is 2.47. The van der Waals surface area contributed by atoms with Crippen LogP contribution in [0.15, 0.2) is 18.5 Å². The van der Waals surface area contributed by atoms with Crippen molar-refractivity contribution in [1.29, 1.82) is 0 Å². The monoisotopic (exact) mass is 370 g/mol. The first-order chi connectivity index (χ1) is 13.0. The number of ether oxygens (including phenoxy) is 1. The zero-order valence-electron chi connectivity index (χ0n) is 14.9. The molecule has 1 amide bonds. The molecule has 0 aromatic carbocycles. The highest BCUT2D eigenvalue weighted by molar-refractivity contribution is 5.76. The second-order valence-corrected chi connectivity index (χ2v) is 6.88. The van der Waals surface area contributed by atoms with Gasteiger partial charge in [0.2, 0.25) is 23.7 Å². The molecule has 0 bridgehead atoms. The van der Waals surface area contributed by atoms with E-state index in [9.17, 15) is 4.79 Å². The maximum Gasteiger partial charge on any atom is 0.225 e. The Kier molecular flexibility index (Phi) is 4.38. The van der Waals surface area contributed by atoms with E-state index in [2.05, 4.69) is 25.3 Å². The molecule has 2 aliphatic heterocycles. The lowest BCUT2D eigenvalue weighted by atomic mass is 9.97. The van der Waals surface area contributed by atoms with E-state index in [1.165, 1.54) is 0 Å². The molecule has 1 saturated heterocycles. The molecule has 1 spiro atoms. The third kappa shape index (κ3) is 3.55. The maximum absolute atomic E-state index is 12.5. The zero-order chi connectivity index (χ0) is 18.9. The van der Waals surface area contributed by atoms with E-state index >= 15 is 0 Å². The van der Waals surface area contributed by atoms with Crippen LogP contribution in [0.4, 0.5) is 17.7 Å². The summed E-state index contributed by atoms with van der Waals surface area (Å²) in [5.74, 6) is 1.58. The number of nitrogens with zero attached hydrogens (tertiary/aromatic N) is 5. The molecule has 4 heterocycles. The van der Waals surface area contributed by atoms with E-state index in [-0.39, 0.29) is 11.9 Å². The molecule has 0 radical (unpaired) electrons. The van der Waals surface area contributed by atoms with Crippen LogP contribution < -0.4 is 21.5 Å². The van der Waals surface area contributed by atoms with Crippen molar-refractivity contribution in [3.63, 3.8) is 0 Å². The van der Waals surface area contributed by atoms with Crippen LogP contribution in [0.3, 0.4) is 0 Å². The van der Waals surface area contributed by atoms with Gasteiger partial charge < -0.3 is 26.4 Å². The number of carbonyl (C=O) groups excluding carboxylic acids is 1. The average molecular weight is 370 g/mol. The number of likely N-dealkylation sites (tertiary alicyclic amines) is 1. The Hall–Kier alpha value is -3.17. The van der Waals surface area contributed by atoms with Gasteiger partial charge in [0.05, 0.1) is 12.1 Å². The van der Waals surface area contributed by atoms with Crippen LogP contribution in [0.25, 0.3) is 0 Å². The summed E-state index contributed by atoms with van der Waals surface area (Å²) in [4.78, 5) is 30.7. The van der Waals surface area contributed by atoms with Crippen molar-refractivity contribution in [2.45, 2.75) is 31.3 Å². The van der Waals surface area contributed by atoms with E-state index < -0.39 is 5.60 Å². The van der Waals surface area contributed by atoms with Crippen LogP contribution in [0.2, 0.25) is 0 Å². The zero-order valence-corrected chi connectivity index (χ0v) is 14.9. The van der Waals surface area contributed by atoms with Crippen LogP contribution in [-0.2, 0) is 11.2 Å². The fraction of sp³-hybridized carbons (Fsp3) is 0.471. The molecule has 1 atom stereocenters. The molecule has 0 saturated carbocycles. The van der Waals surface area contributed by atoms with Crippen molar-refractivity contribution in [2.24, 2.45) is 0 Å². The number of hydrogen-bond acceptors (Lipinski definition) is 9. The molecule has 10 heteroatoms. The smallest absolute Gasteiger partial charge is 0.225 e. The summed E-state index contributed by atoms with van der Waals surface area (Å²) < 4.78 is 6.05. The molecule has 1 fully saturated rings. The number of fused-ring (bicyclic) bond motifs is 1. The molecule has 0 aliphatic carbocycles. The van der Waals surface area contributed by atoms with E-state index in [4.69, 9.17) is 16.2 Å². The first-order valence-electron chi connectivity index (χ1n) is 8.94. The van der Waals surface area contributed by atoms with Crippen molar-refractivity contribution in [2.75, 3.05) is 36.4 Å². The van der Waals surface area contributed by atoms with Crippen molar-refractivity contribution in [3.05, 3.63) is 24.0 Å². The maximum atomic E-state index is 12.5. The van der Waals surface area contributed by atoms with Gasteiger partial charge in [-0.15, -0.1) is 0 Å². The van der Waals surface area contributed by atoms with Gasteiger partial charge in [-0.2, -0.15) is 9.97 Å². The molecular weight excluding hydrogens is 348 g/mol. The van der Waals surface area contributed by atoms with E-state index in [1.54, 1.807) is 18.5 Å². The number of aromatic nitrogens is 4. The summed E-state index contributed by atoms with van der Waals surface area (Å²) in [6.07, 6.45) is 5.85. The molecule has 142 valence electrons. The second kappa shape index (κ2) is 6.86. The minimum absolute atomic E-state index is 0.101. The van der Waals surface area contributed by atoms with Crippen LogP contribution in [0.5, 0.6) is 5.88 Å². The number of nitrogens with two attached hydrogens (primary N) is 2. The van der Waals surface area contributed by atoms with E-state index in [0.29, 0.717) is 56.5 Å². The van der Waals surface area contributed by atoms with Gasteiger partial charge in [0.15, 0.2) is 0 Å². The summed E-state index contributed by atoms with van der Waals surface area (Å²) >= 11 is 0. The number of carbonyl (C=O) groups is 1. The highest BCUT2D eigenvalue weighted by atomic mass is 16.5. The van der Waals surface area contributed by atoms with Crippen molar-refractivity contribution in [1.82, 2.24) is 24.8 Å². The summed E-state index contributed by atoms with van der Waals surface area (Å²) in [5.41, 5.74) is 11.9. The number of rotatable bonds is 5.